The van der Waals surface area contributed by atoms with Crippen molar-refractivity contribution in [3.05, 3.63) is 24.3 Å². The summed E-state index contributed by atoms with van der Waals surface area (Å²) >= 11 is 1.41. The molecular formula is C13H17N3O2S. The molecule has 0 saturated heterocycles. The summed E-state index contributed by atoms with van der Waals surface area (Å²) in [6, 6.07) is 7.82. The minimum absolute atomic E-state index is 0.0153. The van der Waals surface area contributed by atoms with Crippen LogP contribution in [0.15, 0.2) is 29.4 Å². The van der Waals surface area contributed by atoms with Gasteiger partial charge in [-0.25, -0.2) is 4.98 Å². The van der Waals surface area contributed by atoms with Crippen LogP contribution in [0.2, 0.25) is 0 Å². The number of hydrogen-bond acceptors (Lipinski definition) is 4. The summed E-state index contributed by atoms with van der Waals surface area (Å²) in [5.41, 5.74) is 1.91. The maximum atomic E-state index is 11.6. The van der Waals surface area contributed by atoms with Crippen molar-refractivity contribution in [1.29, 1.82) is 0 Å². The van der Waals surface area contributed by atoms with Gasteiger partial charge in [0, 0.05) is 20.3 Å². The molecule has 0 saturated carbocycles. The van der Waals surface area contributed by atoms with Crippen LogP contribution < -0.4 is 5.32 Å². The summed E-state index contributed by atoms with van der Waals surface area (Å²) in [5, 5.41) is 3.61. The maximum absolute atomic E-state index is 11.6. The van der Waals surface area contributed by atoms with Crippen LogP contribution in [-0.4, -0.2) is 41.9 Å². The summed E-state index contributed by atoms with van der Waals surface area (Å²) in [7, 11) is 1.65. The Labute approximate surface area is 116 Å². The van der Waals surface area contributed by atoms with Crippen molar-refractivity contribution in [2.45, 2.75) is 11.6 Å². The molecule has 2 aromatic rings. The van der Waals surface area contributed by atoms with Crippen LogP contribution in [0, 0.1) is 0 Å². The molecule has 0 aliphatic carbocycles. The Kier molecular flexibility index (Phi) is 5.23. The zero-order chi connectivity index (χ0) is 13.5. The normalized spacial score (nSPS) is 10.8. The summed E-state index contributed by atoms with van der Waals surface area (Å²) in [6.45, 7) is 1.31. The highest BCUT2D eigenvalue weighted by molar-refractivity contribution is 7.99. The van der Waals surface area contributed by atoms with Crippen molar-refractivity contribution in [3.63, 3.8) is 0 Å². The van der Waals surface area contributed by atoms with Gasteiger partial charge < -0.3 is 15.0 Å². The molecule has 5 nitrogen and oxygen atoms in total. The van der Waals surface area contributed by atoms with Crippen molar-refractivity contribution in [2.24, 2.45) is 0 Å². The fraction of sp³-hybridized carbons (Fsp3) is 0.385. The Balaban J connectivity index is 1.77. The lowest BCUT2D eigenvalue weighted by molar-refractivity contribution is -0.118. The van der Waals surface area contributed by atoms with Crippen molar-refractivity contribution >= 4 is 28.7 Å². The van der Waals surface area contributed by atoms with E-state index in [0.29, 0.717) is 18.9 Å². The van der Waals surface area contributed by atoms with Gasteiger partial charge in [-0.1, -0.05) is 23.9 Å². The first-order chi connectivity index (χ1) is 9.29. The maximum Gasteiger partial charge on any atom is 0.230 e. The molecule has 0 radical (unpaired) electrons. The van der Waals surface area contributed by atoms with Crippen LogP contribution in [0.25, 0.3) is 11.0 Å². The minimum Gasteiger partial charge on any atom is -0.385 e. The molecule has 2 rings (SSSR count). The van der Waals surface area contributed by atoms with E-state index in [1.165, 1.54) is 11.8 Å². The fourth-order valence-corrected chi connectivity index (χ4v) is 2.34. The van der Waals surface area contributed by atoms with Gasteiger partial charge in [-0.05, 0) is 18.6 Å². The van der Waals surface area contributed by atoms with Crippen molar-refractivity contribution in [3.8, 4) is 0 Å². The number of ether oxygens (including phenoxy) is 1. The number of nitrogens with zero attached hydrogens (tertiary/aromatic N) is 1. The highest BCUT2D eigenvalue weighted by Crippen LogP contribution is 2.18. The Morgan fingerprint density at radius 2 is 2.32 bits per heavy atom. The first-order valence-electron chi connectivity index (χ1n) is 6.13. The molecule has 1 amide bonds. The van der Waals surface area contributed by atoms with Crippen molar-refractivity contribution < 1.29 is 9.53 Å². The fourth-order valence-electron chi connectivity index (χ4n) is 1.63. The van der Waals surface area contributed by atoms with E-state index in [0.717, 1.165) is 22.6 Å². The summed E-state index contributed by atoms with van der Waals surface area (Å²) in [6.07, 6.45) is 0.831. The Hall–Kier alpha value is -1.53. The molecule has 0 unspecified atom stereocenters. The van der Waals surface area contributed by atoms with Crippen molar-refractivity contribution in [1.82, 2.24) is 15.3 Å². The third kappa shape index (κ3) is 4.25. The van der Waals surface area contributed by atoms with Crippen LogP contribution >= 0.6 is 11.8 Å². The number of hydrogen-bond donors (Lipinski definition) is 2. The standard InChI is InChI=1S/C13H17N3O2S/c1-18-8-4-7-14-12(17)9-19-13-15-10-5-2-3-6-11(10)16-13/h2-3,5-6H,4,7-9H2,1H3,(H,14,17)(H,15,16). The molecule has 19 heavy (non-hydrogen) atoms. The average Bonchev–Trinajstić information content (AvgIpc) is 2.84. The summed E-state index contributed by atoms with van der Waals surface area (Å²) in [5.74, 6) is 0.383. The van der Waals surface area contributed by atoms with Gasteiger partial charge >= 0.3 is 0 Å². The SMILES string of the molecule is COCCCNC(=O)CSc1nc2ccccc2[nH]1. The van der Waals surface area contributed by atoms with Gasteiger partial charge in [0.25, 0.3) is 0 Å². The average molecular weight is 279 g/mol. The number of thioether (sulfide) groups is 1. The second kappa shape index (κ2) is 7.16. The summed E-state index contributed by atoms with van der Waals surface area (Å²) in [4.78, 5) is 19.2. The zero-order valence-electron chi connectivity index (χ0n) is 10.8. The first-order valence-corrected chi connectivity index (χ1v) is 7.11. The third-order valence-electron chi connectivity index (χ3n) is 2.56. The van der Waals surface area contributed by atoms with Gasteiger partial charge in [0.1, 0.15) is 0 Å². The van der Waals surface area contributed by atoms with E-state index in [-0.39, 0.29) is 5.91 Å². The molecule has 0 bridgehead atoms. The predicted molar refractivity (Wildman–Crippen MR) is 76.3 cm³/mol. The van der Waals surface area contributed by atoms with E-state index in [2.05, 4.69) is 15.3 Å². The number of benzene rings is 1. The van der Waals surface area contributed by atoms with Crippen LogP contribution in [-0.2, 0) is 9.53 Å². The Morgan fingerprint density at radius 3 is 3.11 bits per heavy atom. The molecule has 0 aliphatic rings. The number of aromatic amines is 1. The highest BCUT2D eigenvalue weighted by Gasteiger charge is 2.06. The zero-order valence-corrected chi connectivity index (χ0v) is 11.6. The third-order valence-corrected chi connectivity index (χ3v) is 3.43. The van der Waals surface area contributed by atoms with Gasteiger partial charge in [0.05, 0.1) is 16.8 Å². The number of amides is 1. The van der Waals surface area contributed by atoms with Crippen LogP contribution in [0.4, 0.5) is 0 Å². The van der Waals surface area contributed by atoms with Gasteiger partial charge in [-0.3, -0.25) is 4.79 Å². The van der Waals surface area contributed by atoms with E-state index >= 15 is 0 Å². The van der Waals surface area contributed by atoms with E-state index < -0.39 is 0 Å². The minimum atomic E-state index is 0.0153. The number of methoxy groups -OCH3 is 1. The van der Waals surface area contributed by atoms with E-state index in [9.17, 15) is 4.79 Å². The van der Waals surface area contributed by atoms with Gasteiger partial charge in [0.15, 0.2) is 5.16 Å². The van der Waals surface area contributed by atoms with E-state index in [1.54, 1.807) is 7.11 Å². The lowest BCUT2D eigenvalue weighted by Crippen LogP contribution is -2.26. The smallest absolute Gasteiger partial charge is 0.230 e. The van der Waals surface area contributed by atoms with Crippen LogP contribution in [0.1, 0.15) is 6.42 Å². The largest absolute Gasteiger partial charge is 0.385 e. The molecule has 2 N–H and O–H groups in total. The number of carbonyl (C=O) groups is 1. The van der Waals surface area contributed by atoms with Gasteiger partial charge in [-0.15, -0.1) is 0 Å². The molecular weight excluding hydrogens is 262 g/mol. The molecule has 0 fully saturated rings. The monoisotopic (exact) mass is 279 g/mol. The second-order valence-corrected chi connectivity index (χ2v) is 5.01. The molecule has 1 heterocycles. The Bertz CT molecular complexity index is 508. The quantitative estimate of drug-likeness (QED) is 0.599. The van der Waals surface area contributed by atoms with E-state index in [4.69, 9.17) is 4.74 Å². The number of imidazole rings is 1. The van der Waals surface area contributed by atoms with Gasteiger partial charge in [-0.2, -0.15) is 0 Å². The van der Waals surface area contributed by atoms with Crippen LogP contribution in [0.3, 0.4) is 0 Å². The molecule has 0 aliphatic heterocycles. The summed E-state index contributed by atoms with van der Waals surface area (Å²) < 4.78 is 4.92. The second-order valence-electron chi connectivity index (χ2n) is 4.04. The highest BCUT2D eigenvalue weighted by atomic mass is 32.2. The molecule has 6 heteroatoms. The lowest BCUT2D eigenvalue weighted by atomic mass is 10.3. The van der Waals surface area contributed by atoms with Gasteiger partial charge in [0.2, 0.25) is 5.91 Å². The Morgan fingerprint density at radius 1 is 1.47 bits per heavy atom. The number of rotatable bonds is 7. The molecule has 1 aromatic heterocycles. The number of fused-ring (bicyclic) bond motifs is 1. The first kappa shape index (κ1) is 13.9. The molecule has 0 spiro atoms. The number of aromatic nitrogens is 2. The number of nitrogens with one attached hydrogen (secondary N) is 2. The molecule has 1 aromatic carbocycles. The number of carbonyl (C=O) groups excluding carboxylic acids is 1. The molecule has 0 atom stereocenters. The van der Waals surface area contributed by atoms with Crippen molar-refractivity contribution in [2.75, 3.05) is 26.0 Å². The van der Waals surface area contributed by atoms with Crippen LogP contribution in [0.5, 0.6) is 0 Å². The van der Waals surface area contributed by atoms with E-state index in [1.807, 2.05) is 24.3 Å². The number of H-pyrrole nitrogens is 1. The lowest BCUT2D eigenvalue weighted by Gasteiger charge is -2.03. The topological polar surface area (TPSA) is 67.0 Å². The molecule has 102 valence electrons. The number of para-hydroxylation sites is 2. The predicted octanol–water partition coefficient (Wildman–Crippen LogP) is 1.81.